The fraction of sp³-hybridized carbons (Fsp3) is 0.786. The second kappa shape index (κ2) is 5.61. The first-order valence-electron chi connectivity index (χ1n) is 7.27. The third kappa shape index (κ3) is 2.68. The van der Waals surface area contributed by atoms with Crippen LogP contribution in [0.25, 0.3) is 0 Å². The van der Waals surface area contributed by atoms with E-state index in [4.69, 9.17) is 9.47 Å². The van der Waals surface area contributed by atoms with Gasteiger partial charge in [0.05, 0.1) is 18.2 Å². The molecule has 19 heavy (non-hydrogen) atoms. The second-order valence-corrected chi connectivity index (χ2v) is 5.60. The summed E-state index contributed by atoms with van der Waals surface area (Å²) < 4.78 is 11.6. The Morgan fingerprint density at radius 3 is 3.21 bits per heavy atom. The van der Waals surface area contributed by atoms with Crippen molar-refractivity contribution in [2.75, 3.05) is 26.4 Å². The third-order valence-corrected chi connectivity index (χ3v) is 4.31. The van der Waals surface area contributed by atoms with E-state index in [1.165, 1.54) is 0 Å². The molecule has 0 radical (unpaired) electrons. The monoisotopic (exact) mass is 265 g/mol. The average molecular weight is 265 g/mol. The lowest BCUT2D eigenvalue weighted by Crippen LogP contribution is -2.44. The molecular formula is C14H23N3O2. The maximum absolute atomic E-state index is 6.02. The van der Waals surface area contributed by atoms with Gasteiger partial charge in [-0.3, -0.25) is 0 Å². The molecule has 0 aromatic carbocycles. The van der Waals surface area contributed by atoms with Crippen molar-refractivity contribution in [1.29, 1.82) is 0 Å². The van der Waals surface area contributed by atoms with Gasteiger partial charge < -0.3 is 19.8 Å². The highest BCUT2D eigenvalue weighted by Crippen LogP contribution is 2.40. The van der Waals surface area contributed by atoms with Crippen molar-refractivity contribution in [2.24, 2.45) is 5.92 Å². The molecule has 0 amide bonds. The summed E-state index contributed by atoms with van der Waals surface area (Å²) in [6.07, 6.45) is 6.90. The molecule has 0 aliphatic carbocycles. The Hall–Kier alpha value is -0.910. The molecule has 1 spiro atoms. The molecule has 5 heteroatoms. The predicted octanol–water partition coefficient (Wildman–Crippen LogP) is 1.65. The molecule has 0 saturated carbocycles. The first kappa shape index (κ1) is 13.1. The van der Waals surface area contributed by atoms with E-state index in [9.17, 15) is 0 Å². The standard InChI is InChI=1S/C14H23N3O2/c1-2-15-12(13-16-5-6-17-13)11-3-7-19-14(9-11)4-8-18-10-14/h5-6,11-12,15H,2-4,7-10H2,1H3,(H,16,17). The van der Waals surface area contributed by atoms with Gasteiger partial charge in [-0.05, 0) is 25.3 Å². The van der Waals surface area contributed by atoms with Gasteiger partial charge in [-0.25, -0.2) is 4.98 Å². The van der Waals surface area contributed by atoms with E-state index >= 15 is 0 Å². The van der Waals surface area contributed by atoms with Crippen LogP contribution in [0.15, 0.2) is 12.4 Å². The first-order chi connectivity index (χ1) is 9.33. The predicted molar refractivity (Wildman–Crippen MR) is 71.8 cm³/mol. The second-order valence-electron chi connectivity index (χ2n) is 5.60. The summed E-state index contributed by atoms with van der Waals surface area (Å²) in [7, 11) is 0. The Bertz CT molecular complexity index is 387. The van der Waals surface area contributed by atoms with Crippen LogP contribution in [0.3, 0.4) is 0 Å². The Morgan fingerprint density at radius 2 is 2.53 bits per heavy atom. The quantitative estimate of drug-likeness (QED) is 0.869. The Balaban J connectivity index is 1.74. The lowest BCUT2D eigenvalue weighted by atomic mass is 9.81. The summed E-state index contributed by atoms with van der Waals surface area (Å²) in [5.74, 6) is 1.60. The highest BCUT2D eigenvalue weighted by atomic mass is 16.6. The van der Waals surface area contributed by atoms with Crippen LogP contribution in [-0.2, 0) is 9.47 Å². The lowest BCUT2D eigenvalue weighted by Gasteiger charge is -2.40. The van der Waals surface area contributed by atoms with Crippen LogP contribution in [-0.4, -0.2) is 41.9 Å². The molecule has 2 fully saturated rings. The summed E-state index contributed by atoms with van der Waals surface area (Å²) in [5.41, 5.74) is -0.0385. The number of rotatable bonds is 4. The number of ether oxygens (including phenoxy) is 2. The van der Waals surface area contributed by atoms with Crippen LogP contribution in [0.1, 0.15) is 38.1 Å². The Morgan fingerprint density at radius 1 is 1.58 bits per heavy atom. The van der Waals surface area contributed by atoms with Gasteiger partial charge in [0.1, 0.15) is 5.82 Å². The number of hydrogen-bond acceptors (Lipinski definition) is 4. The van der Waals surface area contributed by atoms with Gasteiger partial charge in [-0.15, -0.1) is 0 Å². The molecule has 2 N–H and O–H groups in total. The number of H-pyrrole nitrogens is 1. The fourth-order valence-electron chi connectivity index (χ4n) is 3.37. The van der Waals surface area contributed by atoms with Crippen molar-refractivity contribution in [1.82, 2.24) is 15.3 Å². The zero-order valence-corrected chi connectivity index (χ0v) is 11.5. The highest BCUT2D eigenvalue weighted by Gasteiger charge is 2.43. The molecule has 3 atom stereocenters. The topological polar surface area (TPSA) is 59.2 Å². The lowest BCUT2D eigenvalue weighted by molar-refractivity contribution is -0.103. The van der Waals surface area contributed by atoms with Crippen LogP contribution in [0.4, 0.5) is 0 Å². The molecule has 1 aromatic rings. The van der Waals surface area contributed by atoms with E-state index in [2.05, 4.69) is 22.2 Å². The van der Waals surface area contributed by atoms with Gasteiger partial charge in [-0.1, -0.05) is 6.92 Å². The summed E-state index contributed by atoms with van der Waals surface area (Å²) in [6.45, 7) is 5.51. The fourth-order valence-corrected chi connectivity index (χ4v) is 3.37. The van der Waals surface area contributed by atoms with E-state index in [0.717, 1.165) is 51.5 Å². The van der Waals surface area contributed by atoms with Crippen molar-refractivity contribution >= 4 is 0 Å². The number of imidazole rings is 1. The van der Waals surface area contributed by atoms with Gasteiger partial charge >= 0.3 is 0 Å². The molecule has 106 valence electrons. The average Bonchev–Trinajstić information content (AvgIpc) is 3.08. The molecule has 3 rings (SSSR count). The van der Waals surface area contributed by atoms with E-state index in [-0.39, 0.29) is 5.60 Å². The summed E-state index contributed by atoms with van der Waals surface area (Å²) >= 11 is 0. The third-order valence-electron chi connectivity index (χ3n) is 4.31. The van der Waals surface area contributed by atoms with E-state index < -0.39 is 0 Å². The van der Waals surface area contributed by atoms with Gasteiger partial charge in [0.2, 0.25) is 0 Å². The molecule has 1 aromatic heterocycles. The number of aromatic nitrogens is 2. The number of nitrogens with zero attached hydrogens (tertiary/aromatic N) is 1. The molecule has 2 aliphatic heterocycles. The van der Waals surface area contributed by atoms with Gasteiger partial charge in [0, 0.05) is 32.0 Å². The minimum atomic E-state index is -0.0385. The van der Waals surface area contributed by atoms with Gasteiger partial charge in [0.25, 0.3) is 0 Å². The van der Waals surface area contributed by atoms with Crippen molar-refractivity contribution in [3.8, 4) is 0 Å². The van der Waals surface area contributed by atoms with E-state index in [1.54, 1.807) is 0 Å². The summed E-state index contributed by atoms with van der Waals surface area (Å²) in [4.78, 5) is 7.69. The molecule has 2 aliphatic rings. The zero-order chi connectivity index (χ0) is 13.1. The van der Waals surface area contributed by atoms with Crippen molar-refractivity contribution in [3.63, 3.8) is 0 Å². The van der Waals surface area contributed by atoms with Crippen LogP contribution >= 0.6 is 0 Å². The Kier molecular flexibility index (Phi) is 3.86. The number of hydrogen-bond donors (Lipinski definition) is 2. The SMILES string of the molecule is CCNC(c1ncc[nH]1)C1CCOC2(CCOC2)C1. The maximum atomic E-state index is 6.02. The molecule has 3 unspecified atom stereocenters. The normalized spacial score (nSPS) is 32.8. The minimum Gasteiger partial charge on any atom is -0.378 e. The number of aromatic amines is 1. The van der Waals surface area contributed by atoms with Crippen LogP contribution in [0, 0.1) is 5.92 Å². The molecule has 3 heterocycles. The van der Waals surface area contributed by atoms with Crippen molar-refractivity contribution in [2.45, 2.75) is 37.8 Å². The van der Waals surface area contributed by atoms with Crippen molar-refractivity contribution in [3.05, 3.63) is 18.2 Å². The molecule has 5 nitrogen and oxygen atoms in total. The van der Waals surface area contributed by atoms with E-state index in [1.807, 2.05) is 12.4 Å². The smallest absolute Gasteiger partial charge is 0.123 e. The molecule has 0 bridgehead atoms. The van der Waals surface area contributed by atoms with Crippen LogP contribution in [0.2, 0.25) is 0 Å². The highest BCUT2D eigenvalue weighted by molar-refractivity contribution is 5.02. The van der Waals surface area contributed by atoms with Gasteiger partial charge in [-0.2, -0.15) is 0 Å². The number of nitrogens with one attached hydrogen (secondary N) is 2. The summed E-state index contributed by atoms with van der Waals surface area (Å²) in [5, 5.41) is 3.57. The van der Waals surface area contributed by atoms with Crippen molar-refractivity contribution < 1.29 is 9.47 Å². The zero-order valence-electron chi connectivity index (χ0n) is 11.5. The van der Waals surface area contributed by atoms with E-state index in [0.29, 0.717) is 12.0 Å². The maximum Gasteiger partial charge on any atom is 0.123 e. The minimum absolute atomic E-state index is 0.0385. The Labute approximate surface area is 114 Å². The molecular weight excluding hydrogens is 242 g/mol. The van der Waals surface area contributed by atoms with Crippen LogP contribution < -0.4 is 5.32 Å². The van der Waals surface area contributed by atoms with Gasteiger partial charge in [0.15, 0.2) is 0 Å². The molecule has 2 saturated heterocycles. The largest absolute Gasteiger partial charge is 0.378 e. The van der Waals surface area contributed by atoms with Crippen LogP contribution in [0.5, 0.6) is 0 Å². The summed E-state index contributed by atoms with van der Waals surface area (Å²) in [6, 6.07) is 0.293. The first-order valence-corrected chi connectivity index (χ1v) is 7.27.